The second-order valence-corrected chi connectivity index (χ2v) is 6.77. The minimum atomic E-state index is -0.627. The van der Waals surface area contributed by atoms with Gasteiger partial charge in [0.25, 0.3) is 5.91 Å². The number of aromatic amines is 1. The summed E-state index contributed by atoms with van der Waals surface area (Å²) in [6.45, 7) is 0. The molecule has 2 aliphatic rings. The van der Waals surface area contributed by atoms with E-state index in [4.69, 9.17) is 11.6 Å². The van der Waals surface area contributed by atoms with Crippen LogP contribution in [0.4, 0.5) is 0 Å². The van der Waals surface area contributed by atoms with E-state index in [1.165, 1.54) is 0 Å². The lowest BCUT2D eigenvalue weighted by Gasteiger charge is -2.33. The summed E-state index contributed by atoms with van der Waals surface area (Å²) in [4.78, 5) is 16.8. The van der Waals surface area contributed by atoms with Crippen LogP contribution < -0.4 is 5.32 Å². The minimum Gasteiger partial charge on any atom is -0.509 e. The third-order valence-electron chi connectivity index (χ3n) is 4.80. The quantitative estimate of drug-likeness (QED) is 0.780. The fourth-order valence-electron chi connectivity index (χ4n) is 3.52. The number of amides is 1. The van der Waals surface area contributed by atoms with Crippen LogP contribution >= 0.6 is 11.6 Å². The van der Waals surface area contributed by atoms with Gasteiger partial charge in [-0.3, -0.25) is 9.89 Å². The monoisotopic (exact) mass is 344 g/mol. The van der Waals surface area contributed by atoms with Crippen molar-refractivity contribution < 1.29 is 9.90 Å². The van der Waals surface area contributed by atoms with E-state index in [2.05, 4.69) is 20.5 Å². The molecular formula is C17H17ClN4O2. The lowest BCUT2D eigenvalue weighted by atomic mass is 9.81. The zero-order valence-corrected chi connectivity index (χ0v) is 13.7. The summed E-state index contributed by atoms with van der Waals surface area (Å²) in [6.07, 6.45) is 4.62. The third kappa shape index (κ3) is 2.38. The van der Waals surface area contributed by atoms with Gasteiger partial charge in [-0.05, 0) is 37.1 Å². The van der Waals surface area contributed by atoms with Crippen LogP contribution in [0.5, 0.6) is 0 Å². The first-order valence-electron chi connectivity index (χ1n) is 8.04. The number of hydrogen-bond acceptors (Lipinski definition) is 4. The number of hydrogen-bond donors (Lipinski definition) is 3. The van der Waals surface area contributed by atoms with E-state index in [-0.39, 0.29) is 23.1 Å². The Morgan fingerprint density at radius 1 is 1.12 bits per heavy atom. The molecule has 0 radical (unpaired) electrons. The van der Waals surface area contributed by atoms with Crippen molar-refractivity contribution in [3.05, 3.63) is 40.9 Å². The van der Waals surface area contributed by atoms with Crippen LogP contribution in [0, 0.1) is 0 Å². The van der Waals surface area contributed by atoms with E-state index in [1.54, 1.807) is 24.3 Å². The fourth-order valence-corrected chi connectivity index (χ4v) is 3.65. The van der Waals surface area contributed by atoms with Crippen LogP contribution in [0.3, 0.4) is 0 Å². The molecule has 6 nitrogen and oxygen atoms in total. The second kappa shape index (κ2) is 5.63. The molecule has 2 aromatic rings. The Morgan fingerprint density at radius 3 is 2.54 bits per heavy atom. The van der Waals surface area contributed by atoms with E-state index in [0.717, 1.165) is 37.7 Å². The van der Waals surface area contributed by atoms with Gasteiger partial charge < -0.3 is 10.4 Å². The SMILES string of the molecule is O=C1NC2(CCCCC2)C(O)=C1c1nc(-c2ccc(Cl)cc2)n[nH]1. The summed E-state index contributed by atoms with van der Waals surface area (Å²) < 4.78 is 0. The number of carbonyl (C=O) groups is 1. The molecule has 1 amide bonds. The van der Waals surface area contributed by atoms with E-state index in [0.29, 0.717) is 10.8 Å². The number of halogens is 1. The number of aliphatic hydroxyl groups excluding tert-OH is 1. The highest BCUT2D eigenvalue weighted by molar-refractivity contribution is 6.30. The van der Waals surface area contributed by atoms with Gasteiger partial charge in [0.1, 0.15) is 11.3 Å². The molecule has 1 spiro atoms. The average molecular weight is 345 g/mol. The zero-order valence-electron chi connectivity index (χ0n) is 13.0. The normalized spacial score (nSPS) is 19.8. The van der Waals surface area contributed by atoms with Gasteiger partial charge in [0.2, 0.25) is 0 Å². The summed E-state index contributed by atoms with van der Waals surface area (Å²) in [7, 11) is 0. The molecule has 0 atom stereocenters. The summed E-state index contributed by atoms with van der Waals surface area (Å²) in [5.74, 6) is 0.538. The molecule has 1 saturated carbocycles. The van der Waals surface area contributed by atoms with Gasteiger partial charge in [-0.1, -0.05) is 30.9 Å². The standard InChI is InChI=1S/C17H17ClN4O2/c18-11-6-4-10(5-7-11)14-19-15(22-21-14)12-13(23)17(20-16(12)24)8-2-1-3-9-17/h4-7,23H,1-3,8-9H2,(H,20,24)(H,19,21,22). The smallest absolute Gasteiger partial charge is 0.259 e. The molecule has 0 bridgehead atoms. The number of rotatable bonds is 2. The third-order valence-corrected chi connectivity index (χ3v) is 5.05. The van der Waals surface area contributed by atoms with Crippen LogP contribution in [-0.4, -0.2) is 31.7 Å². The van der Waals surface area contributed by atoms with Crippen molar-refractivity contribution in [1.82, 2.24) is 20.5 Å². The van der Waals surface area contributed by atoms with Crippen molar-refractivity contribution in [2.75, 3.05) is 0 Å². The topological polar surface area (TPSA) is 90.9 Å². The number of H-pyrrole nitrogens is 1. The number of nitrogens with one attached hydrogen (secondary N) is 2. The highest BCUT2D eigenvalue weighted by Crippen LogP contribution is 2.40. The lowest BCUT2D eigenvalue weighted by molar-refractivity contribution is -0.116. The molecule has 124 valence electrons. The summed E-state index contributed by atoms with van der Waals surface area (Å²) >= 11 is 5.89. The largest absolute Gasteiger partial charge is 0.509 e. The van der Waals surface area contributed by atoms with E-state index in [1.807, 2.05) is 0 Å². The first-order chi connectivity index (χ1) is 11.6. The Kier molecular flexibility index (Phi) is 3.57. The Labute approximate surface area is 143 Å². The van der Waals surface area contributed by atoms with Gasteiger partial charge in [0.15, 0.2) is 11.6 Å². The van der Waals surface area contributed by atoms with E-state index < -0.39 is 5.54 Å². The average Bonchev–Trinajstić information content (AvgIpc) is 3.13. The highest BCUT2D eigenvalue weighted by atomic mass is 35.5. The van der Waals surface area contributed by atoms with Gasteiger partial charge in [0.05, 0.1) is 5.54 Å². The lowest BCUT2D eigenvalue weighted by Crippen LogP contribution is -2.46. The molecule has 4 rings (SSSR count). The van der Waals surface area contributed by atoms with Crippen molar-refractivity contribution in [3.63, 3.8) is 0 Å². The molecule has 7 heteroatoms. The Hall–Kier alpha value is -2.34. The highest BCUT2D eigenvalue weighted by Gasteiger charge is 2.47. The molecule has 1 aliphatic carbocycles. The van der Waals surface area contributed by atoms with Gasteiger partial charge >= 0.3 is 0 Å². The maximum absolute atomic E-state index is 12.4. The first kappa shape index (κ1) is 15.2. The van der Waals surface area contributed by atoms with Crippen molar-refractivity contribution in [2.45, 2.75) is 37.6 Å². The molecule has 1 aliphatic heterocycles. The number of aliphatic hydroxyl groups is 1. The zero-order chi connectivity index (χ0) is 16.7. The van der Waals surface area contributed by atoms with Crippen LogP contribution in [-0.2, 0) is 4.79 Å². The van der Waals surface area contributed by atoms with Crippen LogP contribution in [0.2, 0.25) is 5.02 Å². The van der Waals surface area contributed by atoms with Crippen LogP contribution in [0.1, 0.15) is 37.9 Å². The van der Waals surface area contributed by atoms with Crippen molar-refractivity contribution in [2.24, 2.45) is 0 Å². The molecule has 0 saturated heterocycles. The number of aromatic nitrogens is 3. The maximum atomic E-state index is 12.4. The molecule has 24 heavy (non-hydrogen) atoms. The van der Waals surface area contributed by atoms with Gasteiger partial charge in [0, 0.05) is 10.6 Å². The van der Waals surface area contributed by atoms with Crippen molar-refractivity contribution >= 4 is 23.1 Å². The Bertz CT molecular complexity index is 819. The van der Waals surface area contributed by atoms with Crippen LogP contribution in [0.25, 0.3) is 17.0 Å². The number of carbonyl (C=O) groups excluding carboxylic acids is 1. The predicted octanol–water partition coefficient (Wildman–Crippen LogP) is 3.23. The second-order valence-electron chi connectivity index (χ2n) is 6.34. The molecule has 0 unspecified atom stereocenters. The summed E-state index contributed by atoms with van der Waals surface area (Å²) in [5, 5.41) is 21.2. The summed E-state index contributed by atoms with van der Waals surface area (Å²) in [5.41, 5.74) is 0.357. The van der Waals surface area contributed by atoms with Gasteiger partial charge in [-0.2, -0.15) is 5.10 Å². The number of nitrogens with zero attached hydrogens (tertiary/aromatic N) is 2. The minimum absolute atomic E-state index is 0.0889. The van der Waals surface area contributed by atoms with E-state index >= 15 is 0 Å². The molecule has 1 aromatic carbocycles. The Morgan fingerprint density at radius 2 is 1.83 bits per heavy atom. The first-order valence-corrected chi connectivity index (χ1v) is 8.42. The van der Waals surface area contributed by atoms with Gasteiger partial charge in [-0.15, -0.1) is 0 Å². The summed E-state index contributed by atoms with van der Waals surface area (Å²) in [6, 6.07) is 7.12. The van der Waals surface area contributed by atoms with Crippen LogP contribution in [0.15, 0.2) is 30.0 Å². The number of benzene rings is 1. The molecule has 1 aromatic heterocycles. The molecular weight excluding hydrogens is 328 g/mol. The molecule has 2 heterocycles. The van der Waals surface area contributed by atoms with Crippen molar-refractivity contribution in [3.8, 4) is 11.4 Å². The maximum Gasteiger partial charge on any atom is 0.259 e. The van der Waals surface area contributed by atoms with Gasteiger partial charge in [-0.25, -0.2) is 4.98 Å². The fraction of sp³-hybridized carbons (Fsp3) is 0.353. The van der Waals surface area contributed by atoms with E-state index in [9.17, 15) is 9.90 Å². The Balaban J connectivity index is 1.71. The predicted molar refractivity (Wildman–Crippen MR) is 90.3 cm³/mol. The molecule has 3 N–H and O–H groups in total. The molecule has 1 fully saturated rings. The van der Waals surface area contributed by atoms with Crippen molar-refractivity contribution in [1.29, 1.82) is 0 Å².